The van der Waals surface area contributed by atoms with Gasteiger partial charge in [0.2, 0.25) is 5.91 Å². The van der Waals surface area contributed by atoms with Gasteiger partial charge in [0.1, 0.15) is 18.4 Å². The second-order valence-corrected chi connectivity index (χ2v) is 7.71. The van der Waals surface area contributed by atoms with Crippen LogP contribution in [0.4, 0.5) is 4.39 Å². The van der Waals surface area contributed by atoms with Crippen LogP contribution in [0.15, 0.2) is 18.5 Å². The molecule has 2 aromatic rings. The number of carbonyl (C=O) groups is 2. The first kappa shape index (κ1) is 17.0. The van der Waals surface area contributed by atoms with Gasteiger partial charge in [-0.05, 0) is 17.5 Å². The molecule has 1 saturated heterocycles. The monoisotopic (exact) mass is 359 g/mol. The van der Waals surface area contributed by atoms with Gasteiger partial charge in [-0.25, -0.2) is 9.37 Å². The van der Waals surface area contributed by atoms with E-state index in [2.05, 4.69) is 9.97 Å². The Hall–Kier alpha value is -2.48. The molecular weight excluding hydrogens is 337 g/mol. The molecule has 26 heavy (non-hydrogen) atoms. The van der Waals surface area contributed by atoms with E-state index in [1.54, 1.807) is 22.2 Å². The van der Waals surface area contributed by atoms with Crippen LogP contribution in [0.25, 0.3) is 11.0 Å². The van der Waals surface area contributed by atoms with E-state index in [0.29, 0.717) is 17.8 Å². The normalized spacial score (nSPS) is 19.8. The first-order valence-corrected chi connectivity index (χ1v) is 8.74. The lowest BCUT2D eigenvalue weighted by molar-refractivity contribution is -0.146. The second kappa shape index (κ2) is 5.77. The Morgan fingerprint density at radius 3 is 2.85 bits per heavy atom. The van der Waals surface area contributed by atoms with Crippen molar-refractivity contribution in [3.05, 3.63) is 29.6 Å². The summed E-state index contributed by atoms with van der Waals surface area (Å²) < 4.78 is 13.0. The SMILES string of the molecule is CC(C)[C@H](C(=O)N1CC(N)(CF)C1)N1Cc2ccnc3[nH]cc(c23)C1=O. The number of rotatable bonds is 4. The predicted molar refractivity (Wildman–Crippen MR) is 94.1 cm³/mol. The number of aromatic amines is 1. The number of aromatic nitrogens is 2. The summed E-state index contributed by atoms with van der Waals surface area (Å²) >= 11 is 0. The lowest BCUT2D eigenvalue weighted by Gasteiger charge is -2.49. The quantitative estimate of drug-likeness (QED) is 0.853. The average molecular weight is 359 g/mol. The minimum absolute atomic E-state index is 0.0811. The van der Waals surface area contributed by atoms with Crippen molar-refractivity contribution in [1.82, 2.24) is 19.8 Å². The van der Waals surface area contributed by atoms with Crippen LogP contribution < -0.4 is 5.73 Å². The molecule has 0 saturated carbocycles. The maximum absolute atomic E-state index is 13.0. The Morgan fingerprint density at radius 1 is 1.46 bits per heavy atom. The van der Waals surface area contributed by atoms with Crippen LogP contribution in [-0.4, -0.2) is 62.9 Å². The van der Waals surface area contributed by atoms with Crippen LogP contribution in [0.3, 0.4) is 0 Å². The number of carbonyl (C=O) groups excluding carboxylic acids is 2. The number of nitrogens with two attached hydrogens (primary N) is 1. The fourth-order valence-electron chi connectivity index (χ4n) is 3.98. The molecule has 2 amide bonds. The number of nitrogens with one attached hydrogen (secondary N) is 1. The lowest BCUT2D eigenvalue weighted by Crippen LogP contribution is -2.72. The lowest BCUT2D eigenvalue weighted by atomic mass is 9.89. The maximum atomic E-state index is 13.0. The summed E-state index contributed by atoms with van der Waals surface area (Å²) in [6.07, 6.45) is 3.34. The number of H-pyrrole nitrogens is 1. The molecular formula is C18H22FN5O2. The molecule has 1 fully saturated rings. The van der Waals surface area contributed by atoms with Gasteiger partial charge in [-0.1, -0.05) is 13.8 Å². The standard InChI is InChI=1S/C18H22FN5O2/c1-10(2)14(17(26)23-8-18(20,7-19)9-23)24-6-11-3-4-21-15-13(11)12(5-22-15)16(24)25/h3-5,10,14H,6-9,20H2,1-2H3,(H,21,22)/t14-/m1/s1. The van der Waals surface area contributed by atoms with Crippen LogP contribution in [0.2, 0.25) is 0 Å². The summed E-state index contributed by atoms with van der Waals surface area (Å²) in [5.41, 5.74) is 7.08. The predicted octanol–water partition coefficient (Wildman–Crippen LogP) is 1.05. The molecule has 2 aromatic heterocycles. The van der Waals surface area contributed by atoms with Gasteiger partial charge in [0, 0.05) is 37.4 Å². The van der Waals surface area contributed by atoms with Crippen molar-refractivity contribution in [1.29, 1.82) is 0 Å². The number of pyridine rings is 1. The Morgan fingerprint density at radius 2 is 2.19 bits per heavy atom. The van der Waals surface area contributed by atoms with Gasteiger partial charge in [0.25, 0.3) is 5.91 Å². The molecule has 8 heteroatoms. The zero-order chi connectivity index (χ0) is 18.6. The van der Waals surface area contributed by atoms with Crippen molar-refractivity contribution in [2.75, 3.05) is 19.8 Å². The van der Waals surface area contributed by atoms with Crippen LogP contribution in [0.5, 0.6) is 0 Å². The number of amides is 2. The molecule has 4 heterocycles. The highest BCUT2D eigenvalue weighted by Gasteiger charge is 2.47. The number of hydrogen-bond acceptors (Lipinski definition) is 4. The third-order valence-corrected chi connectivity index (χ3v) is 5.30. The highest BCUT2D eigenvalue weighted by molar-refractivity contribution is 6.10. The number of alkyl halides is 1. The van der Waals surface area contributed by atoms with Crippen molar-refractivity contribution in [3.63, 3.8) is 0 Å². The molecule has 0 aliphatic carbocycles. The molecule has 138 valence electrons. The van der Waals surface area contributed by atoms with Crippen LogP contribution in [0, 0.1) is 5.92 Å². The largest absolute Gasteiger partial charge is 0.345 e. The van der Waals surface area contributed by atoms with Crippen molar-refractivity contribution in [2.24, 2.45) is 11.7 Å². The van der Waals surface area contributed by atoms with Gasteiger partial charge < -0.3 is 20.5 Å². The van der Waals surface area contributed by atoms with Gasteiger partial charge in [-0.2, -0.15) is 0 Å². The van der Waals surface area contributed by atoms with E-state index in [1.165, 1.54) is 0 Å². The van der Waals surface area contributed by atoms with Crippen LogP contribution in [-0.2, 0) is 11.3 Å². The zero-order valence-corrected chi connectivity index (χ0v) is 14.8. The molecule has 2 aliphatic rings. The molecule has 3 N–H and O–H groups in total. The van der Waals surface area contributed by atoms with Gasteiger partial charge in [-0.3, -0.25) is 9.59 Å². The van der Waals surface area contributed by atoms with Gasteiger partial charge >= 0.3 is 0 Å². The van der Waals surface area contributed by atoms with E-state index in [9.17, 15) is 14.0 Å². The Labute approximate surface area is 150 Å². The van der Waals surface area contributed by atoms with E-state index in [-0.39, 0.29) is 30.8 Å². The van der Waals surface area contributed by atoms with Gasteiger partial charge in [0.15, 0.2) is 0 Å². The smallest absolute Gasteiger partial charge is 0.257 e. The second-order valence-electron chi connectivity index (χ2n) is 7.71. The van der Waals surface area contributed by atoms with E-state index >= 15 is 0 Å². The minimum Gasteiger partial charge on any atom is -0.345 e. The summed E-state index contributed by atoms with van der Waals surface area (Å²) in [5.74, 6) is -0.441. The first-order chi connectivity index (χ1) is 12.3. The molecule has 7 nitrogen and oxygen atoms in total. The van der Waals surface area contributed by atoms with Crippen molar-refractivity contribution >= 4 is 22.8 Å². The average Bonchev–Trinajstić information content (AvgIpc) is 3.02. The third kappa shape index (κ3) is 2.39. The van der Waals surface area contributed by atoms with E-state index < -0.39 is 18.3 Å². The van der Waals surface area contributed by atoms with Crippen LogP contribution in [0.1, 0.15) is 29.8 Å². The molecule has 1 atom stereocenters. The molecule has 2 aliphatic heterocycles. The van der Waals surface area contributed by atoms with E-state index in [0.717, 1.165) is 10.9 Å². The topological polar surface area (TPSA) is 95.3 Å². The summed E-state index contributed by atoms with van der Waals surface area (Å²) in [5, 5.41) is 0.825. The van der Waals surface area contributed by atoms with E-state index in [1.807, 2.05) is 19.9 Å². The minimum atomic E-state index is -0.950. The van der Waals surface area contributed by atoms with Crippen molar-refractivity contribution < 1.29 is 14.0 Å². The Balaban J connectivity index is 1.64. The summed E-state index contributed by atoms with van der Waals surface area (Å²) in [6, 6.07) is 1.26. The molecule has 0 spiro atoms. The molecule has 0 radical (unpaired) electrons. The van der Waals surface area contributed by atoms with Gasteiger partial charge in [-0.15, -0.1) is 0 Å². The molecule has 4 rings (SSSR count). The highest BCUT2D eigenvalue weighted by atomic mass is 19.1. The summed E-state index contributed by atoms with van der Waals surface area (Å²) in [7, 11) is 0. The summed E-state index contributed by atoms with van der Waals surface area (Å²) in [6.45, 7) is 3.88. The molecule has 0 aromatic carbocycles. The number of halogens is 1. The fraction of sp³-hybridized carbons (Fsp3) is 0.500. The number of hydrogen-bond donors (Lipinski definition) is 2. The van der Waals surface area contributed by atoms with Crippen molar-refractivity contribution in [2.45, 2.75) is 32.0 Å². The summed E-state index contributed by atoms with van der Waals surface area (Å²) in [4.78, 5) is 36.5. The van der Waals surface area contributed by atoms with Gasteiger partial charge in [0.05, 0.1) is 11.1 Å². The van der Waals surface area contributed by atoms with Crippen molar-refractivity contribution in [3.8, 4) is 0 Å². The number of nitrogens with zero attached hydrogens (tertiary/aromatic N) is 3. The Kier molecular flexibility index (Phi) is 3.76. The Bertz CT molecular complexity index is 887. The zero-order valence-electron chi connectivity index (χ0n) is 14.8. The fourth-order valence-corrected chi connectivity index (χ4v) is 3.98. The van der Waals surface area contributed by atoms with E-state index in [4.69, 9.17) is 5.73 Å². The molecule has 0 bridgehead atoms. The molecule has 0 unspecified atom stereocenters. The maximum Gasteiger partial charge on any atom is 0.257 e. The van der Waals surface area contributed by atoms with Crippen LogP contribution >= 0.6 is 0 Å². The third-order valence-electron chi connectivity index (χ3n) is 5.30. The highest BCUT2D eigenvalue weighted by Crippen LogP contribution is 2.32. The number of likely N-dealkylation sites (tertiary alicyclic amines) is 1. The first-order valence-electron chi connectivity index (χ1n) is 8.74.